The molecule has 2 fully saturated rings. The summed E-state index contributed by atoms with van der Waals surface area (Å²) in [6, 6.07) is 0.0963. The lowest BCUT2D eigenvalue weighted by atomic mass is 9.96. The third-order valence-electron chi connectivity index (χ3n) is 4.49. The van der Waals surface area contributed by atoms with Crippen LogP contribution in [0.2, 0.25) is 0 Å². The quantitative estimate of drug-likeness (QED) is 0.798. The molecular weight excluding hydrogens is 296 g/mol. The maximum absolute atomic E-state index is 12.3. The second-order valence-electron chi connectivity index (χ2n) is 5.86. The van der Waals surface area contributed by atoms with Crippen molar-refractivity contribution >= 4 is 22.0 Å². The number of nitrogens with one attached hydrogen (secondary N) is 1. The third kappa shape index (κ3) is 4.34. The number of nitrogens with zero attached hydrogens (tertiary/aromatic N) is 1. The van der Waals surface area contributed by atoms with Crippen LogP contribution in [0.4, 0.5) is 0 Å². The van der Waals surface area contributed by atoms with Crippen molar-refractivity contribution in [1.29, 1.82) is 0 Å². The predicted octanol–water partition coefficient (Wildman–Crippen LogP) is 1.20. The average Bonchev–Trinajstić information content (AvgIpc) is 2.48. The molecule has 0 aromatic rings. The maximum atomic E-state index is 12.3. The first kappa shape index (κ1) is 16.5. The Balaban J connectivity index is 1.82. The summed E-state index contributed by atoms with van der Waals surface area (Å²) in [6.07, 6.45) is 7.73. The van der Waals surface area contributed by atoms with Gasteiger partial charge in [0.05, 0.1) is 0 Å². The van der Waals surface area contributed by atoms with E-state index < -0.39 is 10.2 Å². The lowest BCUT2D eigenvalue weighted by Gasteiger charge is -2.33. The normalized spacial score (nSPS) is 30.5. The Hall–Kier alpha value is 0.180. The minimum atomic E-state index is -3.34. The minimum absolute atomic E-state index is 0.0963. The summed E-state index contributed by atoms with van der Waals surface area (Å²) in [5.74, 6) is 0.262. The second-order valence-corrected chi connectivity index (χ2v) is 8.70. The van der Waals surface area contributed by atoms with Crippen molar-refractivity contribution in [2.45, 2.75) is 49.8 Å². The Morgan fingerprint density at radius 2 is 1.75 bits per heavy atom. The van der Waals surface area contributed by atoms with E-state index in [1.165, 1.54) is 0 Å². The fraction of sp³-hybridized carbons (Fsp3) is 1.00. The van der Waals surface area contributed by atoms with Gasteiger partial charge in [0.1, 0.15) is 0 Å². The zero-order valence-corrected chi connectivity index (χ0v) is 13.8. The van der Waals surface area contributed by atoms with Gasteiger partial charge in [-0.05, 0) is 50.7 Å². The number of thioether (sulfide) groups is 1. The van der Waals surface area contributed by atoms with Gasteiger partial charge in [0.15, 0.2) is 0 Å². The molecule has 0 radical (unpaired) electrons. The molecule has 1 heterocycles. The van der Waals surface area contributed by atoms with E-state index in [1.54, 1.807) is 4.31 Å². The fourth-order valence-electron chi connectivity index (χ4n) is 3.03. The van der Waals surface area contributed by atoms with Crippen LogP contribution in [0.5, 0.6) is 0 Å². The number of aliphatic hydroxyl groups is 1. The van der Waals surface area contributed by atoms with Gasteiger partial charge in [-0.3, -0.25) is 0 Å². The second kappa shape index (κ2) is 7.45. The Bertz CT molecular complexity index is 386. The molecule has 1 aliphatic carbocycles. The fourth-order valence-corrected chi connectivity index (χ4v) is 5.27. The zero-order valence-electron chi connectivity index (χ0n) is 12.1. The van der Waals surface area contributed by atoms with E-state index in [-0.39, 0.29) is 18.6 Å². The van der Waals surface area contributed by atoms with Gasteiger partial charge in [0.25, 0.3) is 10.2 Å². The SMILES string of the molecule is CSC1CCC(NS(=O)(=O)N2CCC(CO)CC2)CC1. The molecule has 0 bridgehead atoms. The standard InChI is InChI=1S/C13H26N2O3S2/c1-19-13-4-2-12(3-5-13)14-20(17,18)15-8-6-11(10-16)7-9-15/h11-14,16H,2-10H2,1H3. The molecule has 0 spiro atoms. The number of rotatable bonds is 5. The largest absolute Gasteiger partial charge is 0.396 e. The molecule has 7 heteroatoms. The molecular formula is C13H26N2O3S2. The van der Waals surface area contributed by atoms with Crippen molar-refractivity contribution < 1.29 is 13.5 Å². The van der Waals surface area contributed by atoms with Crippen LogP contribution >= 0.6 is 11.8 Å². The first-order valence-electron chi connectivity index (χ1n) is 7.46. The lowest BCUT2D eigenvalue weighted by Crippen LogP contribution is -2.49. The van der Waals surface area contributed by atoms with Crippen molar-refractivity contribution in [3.63, 3.8) is 0 Å². The highest BCUT2D eigenvalue weighted by Crippen LogP contribution is 2.27. The summed E-state index contributed by atoms with van der Waals surface area (Å²) in [5, 5.41) is 9.79. The Kier molecular flexibility index (Phi) is 6.16. The van der Waals surface area contributed by atoms with Crippen LogP contribution in [0.1, 0.15) is 38.5 Å². The minimum Gasteiger partial charge on any atom is -0.396 e. The number of aliphatic hydroxyl groups excluding tert-OH is 1. The predicted molar refractivity (Wildman–Crippen MR) is 83.0 cm³/mol. The van der Waals surface area contributed by atoms with Crippen LogP contribution in [0, 0.1) is 5.92 Å². The van der Waals surface area contributed by atoms with Gasteiger partial charge in [0, 0.05) is 31.0 Å². The first-order chi connectivity index (χ1) is 9.55. The Labute approximate surface area is 126 Å². The molecule has 2 rings (SSSR count). The van der Waals surface area contributed by atoms with Gasteiger partial charge in [0.2, 0.25) is 0 Å². The molecule has 1 aliphatic heterocycles. The summed E-state index contributed by atoms with van der Waals surface area (Å²) >= 11 is 1.89. The molecule has 2 N–H and O–H groups in total. The van der Waals surface area contributed by atoms with Gasteiger partial charge in [-0.15, -0.1) is 0 Å². The van der Waals surface area contributed by atoms with E-state index in [2.05, 4.69) is 11.0 Å². The van der Waals surface area contributed by atoms with E-state index in [4.69, 9.17) is 5.11 Å². The van der Waals surface area contributed by atoms with Crippen molar-refractivity contribution in [2.75, 3.05) is 26.0 Å². The highest BCUT2D eigenvalue weighted by Gasteiger charge is 2.31. The third-order valence-corrected chi connectivity index (χ3v) is 7.31. The Morgan fingerprint density at radius 3 is 2.25 bits per heavy atom. The maximum Gasteiger partial charge on any atom is 0.279 e. The topological polar surface area (TPSA) is 69.6 Å². The van der Waals surface area contributed by atoms with Crippen molar-refractivity contribution in [3.8, 4) is 0 Å². The smallest absolute Gasteiger partial charge is 0.279 e. The molecule has 0 aromatic carbocycles. The van der Waals surface area contributed by atoms with Gasteiger partial charge in [-0.25, -0.2) is 0 Å². The van der Waals surface area contributed by atoms with E-state index in [0.29, 0.717) is 18.3 Å². The molecule has 0 unspecified atom stereocenters. The van der Waals surface area contributed by atoms with Gasteiger partial charge in [-0.2, -0.15) is 29.2 Å². The lowest BCUT2D eigenvalue weighted by molar-refractivity contribution is 0.169. The molecule has 5 nitrogen and oxygen atoms in total. The molecule has 0 aromatic heterocycles. The van der Waals surface area contributed by atoms with Crippen molar-refractivity contribution in [1.82, 2.24) is 9.03 Å². The highest BCUT2D eigenvalue weighted by atomic mass is 32.2. The van der Waals surface area contributed by atoms with Crippen molar-refractivity contribution in [2.24, 2.45) is 5.92 Å². The molecule has 20 heavy (non-hydrogen) atoms. The average molecular weight is 322 g/mol. The summed E-state index contributed by atoms with van der Waals surface area (Å²) in [5.41, 5.74) is 0. The van der Waals surface area contributed by atoms with Crippen LogP contribution in [0.15, 0.2) is 0 Å². The highest BCUT2D eigenvalue weighted by molar-refractivity contribution is 7.99. The van der Waals surface area contributed by atoms with Gasteiger partial charge in [-0.1, -0.05) is 0 Å². The van der Waals surface area contributed by atoms with E-state index >= 15 is 0 Å². The molecule has 0 amide bonds. The molecule has 2 aliphatic rings. The first-order valence-corrected chi connectivity index (χ1v) is 10.2. The monoisotopic (exact) mass is 322 g/mol. The van der Waals surface area contributed by atoms with Crippen LogP contribution < -0.4 is 4.72 Å². The zero-order chi connectivity index (χ0) is 14.6. The summed E-state index contributed by atoms with van der Waals surface area (Å²) in [6.45, 7) is 1.22. The molecule has 1 saturated carbocycles. The van der Waals surface area contributed by atoms with Gasteiger partial charge < -0.3 is 5.11 Å². The van der Waals surface area contributed by atoms with E-state index in [1.807, 2.05) is 11.8 Å². The van der Waals surface area contributed by atoms with Crippen LogP contribution in [-0.2, 0) is 10.2 Å². The van der Waals surface area contributed by atoms with Crippen LogP contribution in [0.25, 0.3) is 0 Å². The molecule has 0 atom stereocenters. The number of hydrogen-bond donors (Lipinski definition) is 2. The van der Waals surface area contributed by atoms with E-state index in [9.17, 15) is 8.42 Å². The summed E-state index contributed by atoms with van der Waals surface area (Å²) in [7, 11) is -3.34. The molecule has 118 valence electrons. The number of piperidine rings is 1. The Morgan fingerprint density at radius 1 is 1.15 bits per heavy atom. The van der Waals surface area contributed by atoms with Gasteiger partial charge >= 0.3 is 0 Å². The van der Waals surface area contributed by atoms with Crippen molar-refractivity contribution in [3.05, 3.63) is 0 Å². The number of hydrogen-bond acceptors (Lipinski definition) is 4. The van der Waals surface area contributed by atoms with Crippen LogP contribution in [0.3, 0.4) is 0 Å². The summed E-state index contributed by atoms with van der Waals surface area (Å²) < 4.78 is 29.1. The molecule has 1 saturated heterocycles. The summed E-state index contributed by atoms with van der Waals surface area (Å²) in [4.78, 5) is 0. The van der Waals surface area contributed by atoms with E-state index in [0.717, 1.165) is 38.5 Å². The van der Waals surface area contributed by atoms with Crippen LogP contribution in [-0.4, -0.2) is 55.1 Å².